The first-order chi connectivity index (χ1) is 12.7. The molecule has 1 unspecified atom stereocenters. The van der Waals surface area contributed by atoms with Gasteiger partial charge in [0.25, 0.3) is 0 Å². The monoisotopic (exact) mass is 404 g/mol. The molecule has 3 aliphatic heterocycles. The molecule has 2 fully saturated rings. The molecule has 0 spiro atoms. The van der Waals surface area contributed by atoms with Gasteiger partial charge in [-0.3, -0.25) is 0 Å². The highest BCUT2D eigenvalue weighted by molar-refractivity contribution is 8.69. The molecule has 3 aliphatic rings. The molecule has 0 aliphatic carbocycles. The Bertz CT molecular complexity index is 827. The summed E-state index contributed by atoms with van der Waals surface area (Å²) in [5.74, 6) is 1.66. The van der Waals surface area contributed by atoms with Crippen molar-refractivity contribution in [2.45, 2.75) is 18.6 Å². The van der Waals surface area contributed by atoms with Gasteiger partial charge in [0.05, 0.1) is 13.2 Å². The van der Waals surface area contributed by atoms with Crippen LogP contribution in [0.25, 0.3) is 0 Å². The largest absolute Gasteiger partial charge is 0.378 e. The third-order valence-electron chi connectivity index (χ3n) is 4.80. The molecule has 0 radical (unpaired) electrons. The van der Waals surface area contributed by atoms with Gasteiger partial charge in [0.15, 0.2) is 11.4 Å². The van der Waals surface area contributed by atoms with E-state index in [9.17, 15) is 5.26 Å². The summed E-state index contributed by atoms with van der Waals surface area (Å²) in [5, 5.41) is 9.82. The van der Waals surface area contributed by atoms with Crippen LogP contribution in [-0.4, -0.2) is 48.3 Å². The number of hydrogen-bond donors (Lipinski definition) is 0. The van der Waals surface area contributed by atoms with E-state index < -0.39 is 5.54 Å². The number of nitrogens with zero attached hydrogens (tertiary/aromatic N) is 4. The summed E-state index contributed by atoms with van der Waals surface area (Å²) < 4.78 is 12.8. The van der Waals surface area contributed by atoms with Crippen molar-refractivity contribution in [3.05, 3.63) is 47.2 Å². The van der Waals surface area contributed by atoms with Crippen molar-refractivity contribution in [2.75, 3.05) is 32.8 Å². The Morgan fingerprint density at radius 2 is 2.00 bits per heavy atom. The van der Waals surface area contributed by atoms with Crippen LogP contribution in [-0.2, 0) is 22.3 Å². The summed E-state index contributed by atoms with van der Waals surface area (Å²) in [6, 6.07) is 12.8. The van der Waals surface area contributed by atoms with Gasteiger partial charge in [-0.05, 0) is 30.2 Å². The molecular formula is C18H21N4OPS2. The standard InChI is InChI=1S/C18H21N4OPS2/c19-13-16-17-7-4-8-22(17)24(25,26-14-15-5-2-1-3-6-15)20-18(16)21-9-11-23-12-10-21/h1-3,5-6H,4,7-12,14H2. The van der Waals surface area contributed by atoms with Crippen LogP contribution in [0.15, 0.2) is 46.4 Å². The number of morpholine rings is 1. The Kier molecular flexibility index (Phi) is 5.37. The minimum Gasteiger partial charge on any atom is -0.378 e. The van der Waals surface area contributed by atoms with Crippen LogP contribution in [0.1, 0.15) is 18.4 Å². The lowest BCUT2D eigenvalue weighted by molar-refractivity contribution is 0.0683. The number of amidine groups is 1. The second kappa shape index (κ2) is 7.74. The van der Waals surface area contributed by atoms with Gasteiger partial charge < -0.3 is 14.3 Å². The zero-order chi connectivity index (χ0) is 18.0. The summed E-state index contributed by atoms with van der Waals surface area (Å²) in [6.07, 6.45) is 1.98. The van der Waals surface area contributed by atoms with Crippen LogP contribution in [0.5, 0.6) is 0 Å². The molecule has 4 rings (SSSR count). The maximum atomic E-state index is 9.82. The zero-order valence-electron chi connectivity index (χ0n) is 14.5. The Labute approximate surface area is 163 Å². The normalized spacial score (nSPS) is 25.7. The molecule has 2 saturated heterocycles. The number of fused-ring (bicyclic) bond motifs is 1. The van der Waals surface area contributed by atoms with E-state index in [1.807, 2.05) is 6.07 Å². The predicted molar refractivity (Wildman–Crippen MR) is 110 cm³/mol. The zero-order valence-corrected chi connectivity index (χ0v) is 17.0. The van der Waals surface area contributed by atoms with Gasteiger partial charge >= 0.3 is 0 Å². The van der Waals surface area contributed by atoms with Crippen molar-refractivity contribution < 1.29 is 4.74 Å². The summed E-state index contributed by atoms with van der Waals surface area (Å²) in [6.45, 7) is 3.82. The van der Waals surface area contributed by atoms with E-state index in [-0.39, 0.29) is 0 Å². The van der Waals surface area contributed by atoms with Gasteiger partial charge in [0.2, 0.25) is 0 Å². The maximum absolute atomic E-state index is 9.82. The molecule has 136 valence electrons. The molecule has 5 nitrogen and oxygen atoms in total. The fourth-order valence-corrected chi connectivity index (χ4v) is 9.23. The quantitative estimate of drug-likeness (QED) is 0.715. The van der Waals surface area contributed by atoms with Crippen molar-refractivity contribution in [3.63, 3.8) is 0 Å². The maximum Gasteiger partial charge on any atom is 0.200 e. The first-order valence-electron chi connectivity index (χ1n) is 8.84. The van der Waals surface area contributed by atoms with Crippen molar-refractivity contribution in [1.82, 2.24) is 9.57 Å². The van der Waals surface area contributed by atoms with E-state index in [1.165, 1.54) is 5.56 Å². The highest BCUT2D eigenvalue weighted by atomic mass is 32.9. The summed E-state index contributed by atoms with van der Waals surface area (Å²) in [7, 11) is 0. The molecule has 1 aromatic rings. The fourth-order valence-electron chi connectivity index (χ4n) is 3.49. The Morgan fingerprint density at radius 1 is 1.23 bits per heavy atom. The van der Waals surface area contributed by atoms with Gasteiger partial charge in [0.1, 0.15) is 11.6 Å². The second-order valence-corrected chi connectivity index (χ2v) is 13.2. The molecule has 3 heterocycles. The lowest BCUT2D eigenvalue weighted by Crippen LogP contribution is -2.43. The van der Waals surface area contributed by atoms with E-state index in [1.54, 1.807) is 11.4 Å². The summed E-state index contributed by atoms with van der Waals surface area (Å²) >= 11 is 7.92. The van der Waals surface area contributed by atoms with Gasteiger partial charge in [-0.1, -0.05) is 41.7 Å². The first kappa shape index (κ1) is 18.1. The SMILES string of the molecule is N#CC1=C2CCCN2P(=S)(SCc2ccccc2)N=C1N1CCOCC1. The lowest BCUT2D eigenvalue weighted by atomic mass is 10.1. The Morgan fingerprint density at radius 3 is 2.73 bits per heavy atom. The van der Waals surface area contributed by atoms with Crippen molar-refractivity contribution in [1.29, 1.82) is 5.26 Å². The lowest BCUT2D eigenvalue weighted by Gasteiger charge is -2.39. The Balaban J connectivity index is 1.67. The minimum absolute atomic E-state index is 0.677. The molecule has 0 amide bonds. The molecule has 26 heavy (non-hydrogen) atoms. The van der Waals surface area contributed by atoms with E-state index in [0.29, 0.717) is 13.2 Å². The number of allylic oxidation sites excluding steroid dienone is 1. The van der Waals surface area contributed by atoms with Crippen LogP contribution in [0, 0.1) is 11.3 Å². The second-order valence-electron chi connectivity index (χ2n) is 6.43. The molecule has 0 saturated carbocycles. The summed E-state index contributed by atoms with van der Waals surface area (Å²) in [5.41, 5.74) is 0.934. The molecule has 8 heteroatoms. The first-order valence-corrected chi connectivity index (χ1v) is 13.1. The van der Waals surface area contributed by atoms with Crippen LogP contribution in [0.2, 0.25) is 0 Å². The molecule has 0 bridgehead atoms. The third-order valence-corrected chi connectivity index (χ3v) is 11.1. The number of benzene rings is 1. The van der Waals surface area contributed by atoms with Gasteiger partial charge in [0, 0.05) is 31.1 Å². The fraction of sp³-hybridized carbons (Fsp3) is 0.444. The van der Waals surface area contributed by atoms with Crippen molar-refractivity contribution in [2.24, 2.45) is 4.76 Å². The van der Waals surface area contributed by atoms with E-state index >= 15 is 0 Å². The number of rotatable bonds is 3. The Hall–Kier alpha value is -1.32. The predicted octanol–water partition coefficient (Wildman–Crippen LogP) is 3.76. The van der Waals surface area contributed by atoms with Crippen LogP contribution >= 0.6 is 16.9 Å². The van der Waals surface area contributed by atoms with Crippen LogP contribution in [0.3, 0.4) is 0 Å². The molecule has 1 aromatic carbocycles. The minimum atomic E-state index is -2.18. The highest BCUT2D eigenvalue weighted by Crippen LogP contribution is 2.69. The van der Waals surface area contributed by atoms with E-state index in [4.69, 9.17) is 21.3 Å². The average molecular weight is 405 g/mol. The van der Waals surface area contributed by atoms with Gasteiger partial charge in [-0.25, -0.2) is 4.76 Å². The average Bonchev–Trinajstić information content (AvgIpc) is 3.19. The number of nitriles is 1. The topological polar surface area (TPSA) is 51.9 Å². The van der Waals surface area contributed by atoms with Crippen molar-refractivity contribution >= 4 is 34.6 Å². The molecule has 1 atom stereocenters. The molecule has 0 N–H and O–H groups in total. The third kappa shape index (κ3) is 3.44. The van der Waals surface area contributed by atoms with Gasteiger partial charge in [-0.15, -0.1) is 0 Å². The van der Waals surface area contributed by atoms with E-state index in [2.05, 4.69) is 39.9 Å². The van der Waals surface area contributed by atoms with Crippen LogP contribution in [0.4, 0.5) is 0 Å². The molecule has 0 aromatic heterocycles. The smallest absolute Gasteiger partial charge is 0.200 e. The molecular weight excluding hydrogens is 383 g/mol. The number of hydrogen-bond acceptors (Lipinski definition) is 5. The van der Waals surface area contributed by atoms with E-state index in [0.717, 1.165) is 55.3 Å². The van der Waals surface area contributed by atoms with Crippen molar-refractivity contribution in [3.8, 4) is 6.07 Å². The van der Waals surface area contributed by atoms with Gasteiger partial charge in [-0.2, -0.15) is 5.26 Å². The summed E-state index contributed by atoms with van der Waals surface area (Å²) in [4.78, 5) is 2.19. The highest BCUT2D eigenvalue weighted by Gasteiger charge is 2.40. The number of ether oxygens (including phenoxy) is 1. The van der Waals surface area contributed by atoms with Crippen LogP contribution < -0.4 is 0 Å².